The number of carbonyl (C=O) groups is 1. The molecule has 1 heterocycles. The van der Waals surface area contributed by atoms with Crippen molar-refractivity contribution in [1.29, 1.82) is 0 Å². The molecule has 1 aliphatic heterocycles. The minimum Gasteiger partial charge on any atom is -0.326 e. The van der Waals surface area contributed by atoms with Gasteiger partial charge in [0.2, 0.25) is 5.91 Å². The van der Waals surface area contributed by atoms with E-state index < -0.39 is 9.84 Å². The summed E-state index contributed by atoms with van der Waals surface area (Å²) >= 11 is 0. The fraction of sp³-hybridized carbons (Fsp3) is 0.500. The highest BCUT2D eigenvalue weighted by atomic mass is 32.2. The Labute approximate surface area is 119 Å². The van der Waals surface area contributed by atoms with Crippen molar-refractivity contribution in [3.63, 3.8) is 0 Å². The lowest BCUT2D eigenvalue weighted by molar-refractivity contribution is -0.114. The molecule has 0 radical (unpaired) electrons. The average Bonchev–Trinajstić information content (AvgIpc) is 2.38. The minimum atomic E-state index is -2.82. The number of amides is 1. The molecule has 1 aromatic rings. The normalized spacial score (nSPS) is 18.6. The van der Waals surface area contributed by atoms with E-state index in [0.29, 0.717) is 19.4 Å². The van der Waals surface area contributed by atoms with Crippen molar-refractivity contribution < 1.29 is 13.2 Å². The second-order valence-electron chi connectivity index (χ2n) is 5.15. The van der Waals surface area contributed by atoms with E-state index in [1.807, 2.05) is 24.3 Å². The summed E-state index contributed by atoms with van der Waals surface area (Å²) in [6, 6.07) is 7.85. The van der Waals surface area contributed by atoms with Gasteiger partial charge in [0.15, 0.2) is 0 Å². The van der Waals surface area contributed by atoms with Gasteiger partial charge in [0.1, 0.15) is 9.84 Å². The third kappa shape index (κ3) is 4.31. The predicted octanol–water partition coefficient (Wildman–Crippen LogP) is 1.31. The molecule has 0 bridgehead atoms. The lowest BCUT2D eigenvalue weighted by Crippen LogP contribution is -2.37. The van der Waals surface area contributed by atoms with Crippen molar-refractivity contribution in [2.75, 3.05) is 16.8 Å². The lowest BCUT2D eigenvalue weighted by atomic mass is 10.1. The van der Waals surface area contributed by atoms with Crippen LogP contribution < -0.4 is 10.6 Å². The van der Waals surface area contributed by atoms with E-state index in [1.165, 1.54) is 6.92 Å². The van der Waals surface area contributed by atoms with Gasteiger partial charge in [-0.2, -0.15) is 0 Å². The first kappa shape index (κ1) is 15.0. The van der Waals surface area contributed by atoms with Crippen molar-refractivity contribution in [3.05, 3.63) is 29.8 Å². The number of hydrogen-bond acceptors (Lipinski definition) is 4. The van der Waals surface area contributed by atoms with Crippen LogP contribution in [0, 0.1) is 0 Å². The van der Waals surface area contributed by atoms with Crippen LogP contribution in [0.25, 0.3) is 0 Å². The van der Waals surface area contributed by atoms with Crippen molar-refractivity contribution in [3.8, 4) is 0 Å². The molecule has 0 aromatic heterocycles. The second kappa shape index (κ2) is 6.37. The number of carbonyl (C=O) groups excluding carboxylic acids is 1. The van der Waals surface area contributed by atoms with E-state index in [0.717, 1.165) is 11.3 Å². The predicted molar refractivity (Wildman–Crippen MR) is 79.3 cm³/mol. The van der Waals surface area contributed by atoms with Crippen LogP contribution in [0.3, 0.4) is 0 Å². The zero-order valence-corrected chi connectivity index (χ0v) is 12.4. The molecule has 0 unspecified atom stereocenters. The highest BCUT2D eigenvalue weighted by molar-refractivity contribution is 7.91. The summed E-state index contributed by atoms with van der Waals surface area (Å²) in [7, 11) is -2.82. The largest absolute Gasteiger partial charge is 0.326 e. The van der Waals surface area contributed by atoms with Crippen LogP contribution >= 0.6 is 0 Å². The highest BCUT2D eigenvalue weighted by Gasteiger charge is 2.23. The summed E-state index contributed by atoms with van der Waals surface area (Å²) in [6.45, 7) is 2.11. The molecule has 110 valence electrons. The first-order chi connectivity index (χ1) is 9.46. The summed E-state index contributed by atoms with van der Waals surface area (Å²) in [4.78, 5) is 11.1. The van der Waals surface area contributed by atoms with Crippen LogP contribution in [0.4, 0.5) is 5.69 Å². The van der Waals surface area contributed by atoms with Gasteiger partial charge in [-0.15, -0.1) is 0 Å². The maximum atomic E-state index is 11.4. The van der Waals surface area contributed by atoms with Crippen LogP contribution in [0.5, 0.6) is 0 Å². The van der Waals surface area contributed by atoms with Crippen molar-refractivity contribution >= 4 is 21.4 Å². The zero-order chi connectivity index (χ0) is 14.6. The molecule has 5 nitrogen and oxygen atoms in total. The van der Waals surface area contributed by atoms with Crippen molar-refractivity contribution in [2.45, 2.75) is 32.4 Å². The third-order valence-corrected chi connectivity index (χ3v) is 5.18. The van der Waals surface area contributed by atoms with Crippen LogP contribution in [0.2, 0.25) is 0 Å². The number of para-hydroxylation sites is 1. The maximum absolute atomic E-state index is 11.4. The Morgan fingerprint density at radius 1 is 1.25 bits per heavy atom. The number of benzene rings is 1. The van der Waals surface area contributed by atoms with Gasteiger partial charge < -0.3 is 10.6 Å². The standard InChI is InChI=1S/C14H20N2O3S/c1-11(17)16-14-5-3-2-4-12(14)10-15-13-6-8-20(18,19)9-7-13/h2-5,13,15H,6-10H2,1H3,(H,16,17). The van der Waals surface area contributed by atoms with Crippen LogP contribution in [-0.4, -0.2) is 31.9 Å². The van der Waals surface area contributed by atoms with Crippen molar-refractivity contribution in [1.82, 2.24) is 5.32 Å². The molecule has 20 heavy (non-hydrogen) atoms. The van der Waals surface area contributed by atoms with Gasteiger partial charge in [-0.1, -0.05) is 18.2 Å². The Morgan fingerprint density at radius 2 is 1.90 bits per heavy atom. The van der Waals surface area contributed by atoms with Gasteiger partial charge in [0.05, 0.1) is 11.5 Å². The van der Waals surface area contributed by atoms with E-state index in [2.05, 4.69) is 10.6 Å². The SMILES string of the molecule is CC(=O)Nc1ccccc1CNC1CCS(=O)(=O)CC1. The molecule has 0 saturated carbocycles. The van der Waals surface area contributed by atoms with E-state index in [-0.39, 0.29) is 23.5 Å². The first-order valence-corrected chi connectivity index (χ1v) is 8.58. The molecule has 1 aromatic carbocycles. The fourth-order valence-corrected chi connectivity index (χ4v) is 3.83. The molecule has 0 spiro atoms. The zero-order valence-electron chi connectivity index (χ0n) is 11.6. The van der Waals surface area contributed by atoms with Gasteiger partial charge in [0.25, 0.3) is 0 Å². The van der Waals surface area contributed by atoms with Crippen LogP contribution in [0.1, 0.15) is 25.3 Å². The summed E-state index contributed by atoms with van der Waals surface area (Å²) in [5.74, 6) is 0.428. The summed E-state index contributed by atoms with van der Waals surface area (Å²) in [5, 5.41) is 6.17. The molecule has 1 saturated heterocycles. The van der Waals surface area contributed by atoms with E-state index in [1.54, 1.807) is 0 Å². The average molecular weight is 296 g/mol. The Hall–Kier alpha value is -1.40. The number of rotatable bonds is 4. The minimum absolute atomic E-state index is 0.0961. The molecule has 1 amide bonds. The highest BCUT2D eigenvalue weighted by Crippen LogP contribution is 2.17. The Balaban J connectivity index is 1.93. The van der Waals surface area contributed by atoms with Gasteiger partial charge in [-0.25, -0.2) is 8.42 Å². The van der Waals surface area contributed by atoms with E-state index >= 15 is 0 Å². The van der Waals surface area contributed by atoms with Gasteiger partial charge in [0, 0.05) is 25.2 Å². The number of sulfone groups is 1. The third-order valence-electron chi connectivity index (χ3n) is 3.46. The molecular weight excluding hydrogens is 276 g/mol. The first-order valence-electron chi connectivity index (χ1n) is 6.75. The summed E-state index contributed by atoms with van der Waals surface area (Å²) < 4.78 is 22.7. The smallest absolute Gasteiger partial charge is 0.221 e. The Kier molecular flexibility index (Phi) is 4.77. The molecule has 6 heteroatoms. The lowest BCUT2D eigenvalue weighted by Gasteiger charge is -2.23. The molecule has 1 aliphatic rings. The second-order valence-corrected chi connectivity index (χ2v) is 7.45. The molecule has 0 atom stereocenters. The number of hydrogen-bond donors (Lipinski definition) is 2. The quantitative estimate of drug-likeness (QED) is 0.878. The molecule has 2 N–H and O–H groups in total. The van der Waals surface area contributed by atoms with E-state index in [9.17, 15) is 13.2 Å². The summed E-state index contributed by atoms with van der Waals surface area (Å²) in [5.41, 5.74) is 1.81. The Bertz CT molecular complexity index is 570. The van der Waals surface area contributed by atoms with Crippen LogP contribution in [0.15, 0.2) is 24.3 Å². The summed E-state index contributed by atoms with van der Waals surface area (Å²) in [6.07, 6.45) is 1.31. The molecule has 1 fully saturated rings. The number of anilines is 1. The van der Waals surface area contributed by atoms with E-state index in [4.69, 9.17) is 0 Å². The van der Waals surface area contributed by atoms with Gasteiger partial charge in [-0.05, 0) is 24.5 Å². The molecule has 2 rings (SSSR count). The fourth-order valence-electron chi connectivity index (χ4n) is 2.33. The molecular formula is C14H20N2O3S. The topological polar surface area (TPSA) is 75.3 Å². The van der Waals surface area contributed by atoms with Crippen LogP contribution in [-0.2, 0) is 21.2 Å². The number of nitrogens with one attached hydrogen (secondary N) is 2. The van der Waals surface area contributed by atoms with Gasteiger partial charge in [-0.3, -0.25) is 4.79 Å². The van der Waals surface area contributed by atoms with Crippen molar-refractivity contribution in [2.24, 2.45) is 0 Å². The molecule has 0 aliphatic carbocycles. The maximum Gasteiger partial charge on any atom is 0.221 e. The monoisotopic (exact) mass is 296 g/mol. The van der Waals surface area contributed by atoms with Gasteiger partial charge >= 0.3 is 0 Å². The Morgan fingerprint density at radius 3 is 2.55 bits per heavy atom.